The van der Waals surface area contributed by atoms with E-state index in [-0.39, 0.29) is 5.91 Å². The van der Waals surface area contributed by atoms with E-state index in [1.54, 1.807) is 18.2 Å². The molecule has 0 radical (unpaired) electrons. The number of benzene rings is 2. The molecule has 1 saturated heterocycles. The van der Waals surface area contributed by atoms with Crippen LogP contribution in [0.3, 0.4) is 0 Å². The highest BCUT2D eigenvalue weighted by Gasteiger charge is 2.26. The number of nitrogens with zero attached hydrogens (tertiary/aromatic N) is 1. The van der Waals surface area contributed by atoms with Gasteiger partial charge in [-0.3, -0.25) is 4.79 Å². The van der Waals surface area contributed by atoms with Crippen LogP contribution >= 0.6 is 0 Å². The van der Waals surface area contributed by atoms with Crippen LogP contribution in [0.2, 0.25) is 0 Å². The maximum absolute atomic E-state index is 12.7. The van der Waals surface area contributed by atoms with Gasteiger partial charge in [0, 0.05) is 18.5 Å². The van der Waals surface area contributed by atoms with E-state index in [2.05, 4.69) is 0 Å². The molecule has 1 N–H and O–H groups in total. The van der Waals surface area contributed by atoms with Gasteiger partial charge in [0.2, 0.25) is 0 Å². The van der Waals surface area contributed by atoms with Gasteiger partial charge >= 0.3 is 5.97 Å². The van der Waals surface area contributed by atoms with E-state index >= 15 is 0 Å². The first kappa shape index (κ1) is 17.3. The first-order chi connectivity index (χ1) is 13.1. The molecule has 0 spiro atoms. The number of fused-ring (bicyclic) bond motifs is 1. The van der Waals surface area contributed by atoms with E-state index in [0.29, 0.717) is 30.3 Å². The lowest BCUT2D eigenvalue weighted by Gasteiger charge is -2.31. The molecular formula is C22H21NO4. The normalized spacial score (nSPS) is 15.2. The molecule has 1 fully saturated rings. The molecule has 2 aromatic carbocycles. The van der Waals surface area contributed by atoms with E-state index in [9.17, 15) is 14.7 Å². The molecule has 1 aliphatic rings. The second-order valence-corrected chi connectivity index (χ2v) is 7.05. The second kappa shape index (κ2) is 7.27. The van der Waals surface area contributed by atoms with Crippen molar-refractivity contribution in [2.24, 2.45) is 5.92 Å². The SMILES string of the molecule is O=C(O)c1ccccc1CC1CCN(C(=O)c2cc3ccccc3o2)CC1. The molecule has 0 saturated carbocycles. The van der Waals surface area contributed by atoms with Crippen LogP contribution in [0.5, 0.6) is 0 Å². The van der Waals surface area contributed by atoms with Crippen molar-refractivity contribution < 1.29 is 19.1 Å². The number of furan rings is 1. The Kier molecular flexibility index (Phi) is 4.67. The molecule has 0 atom stereocenters. The number of carboxylic acid groups (broad SMARTS) is 1. The maximum atomic E-state index is 12.7. The summed E-state index contributed by atoms with van der Waals surface area (Å²) in [6.45, 7) is 1.32. The number of amides is 1. The van der Waals surface area contributed by atoms with Gasteiger partial charge in [-0.15, -0.1) is 0 Å². The summed E-state index contributed by atoms with van der Waals surface area (Å²) in [5.74, 6) is -0.199. The second-order valence-electron chi connectivity index (χ2n) is 7.05. The van der Waals surface area contributed by atoms with Gasteiger partial charge in [0.25, 0.3) is 5.91 Å². The van der Waals surface area contributed by atoms with Crippen molar-refractivity contribution in [1.29, 1.82) is 0 Å². The Balaban J connectivity index is 1.40. The van der Waals surface area contributed by atoms with Gasteiger partial charge in [-0.05, 0) is 48.9 Å². The number of carbonyl (C=O) groups is 2. The minimum absolute atomic E-state index is 0.0735. The average molecular weight is 363 g/mol. The smallest absolute Gasteiger partial charge is 0.335 e. The summed E-state index contributed by atoms with van der Waals surface area (Å²) < 4.78 is 5.69. The summed E-state index contributed by atoms with van der Waals surface area (Å²) in [6, 6.07) is 16.6. The zero-order valence-electron chi connectivity index (χ0n) is 14.9. The van der Waals surface area contributed by atoms with E-state index < -0.39 is 5.97 Å². The molecule has 5 nitrogen and oxygen atoms in total. The van der Waals surface area contributed by atoms with Crippen molar-refractivity contribution in [3.63, 3.8) is 0 Å². The number of likely N-dealkylation sites (tertiary alicyclic amines) is 1. The Morgan fingerprint density at radius 3 is 2.48 bits per heavy atom. The first-order valence-electron chi connectivity index (χ1n) is 9.21. The predicted molar refractivity (Wildman–Crippen MR) is 102 cm³/mol. The molecule has 27 heavy (non-hydrogen) atoms. The molecule has 1 aliphatic heterocycles. The number of piperidine rings is 1. The quantitative estimate of drug-likeness (QED) is 0.753. The summed E-state index contributed by atoms with van der Waals surface area (Å²) in [5.41, 5.74) is 1.96. The highest BCUT2D eigenvalue weighted by atomic mass is 16.4. The van der Waals surface area contributed by atoms with Gasteiger partial charge in [-0.25, -0.2) is 4.79 Å². The molecule has 1 aromatic heterocycles. The summed E-state index contributed by atoms with van der Waals surface area (Å²) in [5, 5.41) is 10.3. The largest absolute Gasteiger partial charge is 0.478 e. The Labute approximate surface area is 157 Å². The number of rotatable bonds is 4. The standard InChI is InChI=1S/C22H21NO4/c24-21(20-14-17-6-2-4-8-19(17)27-20)23-11-9-15(10-12-23)13-16-5-1-3-7-18(16)22(25)26/h1-8,14-15H,9-13H2,(H,25,26). The fraction of sp³-hybridized carbons (Fsp3) is 0.273. The van der Waals surface area contributed by atoms with E-state index in [4.69, 9.17) is 4.42 Å². The molecular weight excluding hydrogens is 342 g/mol. The van der Waals surface area contributed by atoms with Crippen LogP contribution in [0.25, 0.3) is 11.0 Å². The topological polar surface area (TPSA) is 70.8 Å². The van der Waals surface area contributed by atoms with E-state index in [0.717, 1.165) is 35.8 Å². The van der Waals surface area contributed by atoms with Gasteiger partial charge in [0.05, 0.1) is 5.56 Å². The Morgan fingerprint density at radius 2 is 1.74 bits per heavy atom. The molecule has 0 aliphatic carbocycles. The lowest BCUT2D eigenvalue weighted by molar-refractivity contribution is 0.0661. The van der Waals surface area contributed by atoms with Crippen LogP contribution < -0.4 is 0 Å². The highest BCUT2D eigenvalue weighted by Crippen LogP contribution is 2.26. The van der Waals surface area contributed by atoms with Crippen LogP contribution in [0.15, 0.2) is 59.0 Å². The number of hydrogen-bond acceptors (Lipinski definition) is 3. The zero-order valence-corrected chi connectivity index (χ0v) is 14.9. The summed E-state index contributed by atoms with van der Waals surface area (Å²) in [4.78, 5) is 25.9. The van der Waals surface area contributed by atoms with Crippen molar-refractivity contribution in [2.75, 3.05) is 13.1 Å². The van der Waals surface area contributed by atoms with Gasteiger partial charge in [-0.1, -0.05) is 36.4 Å². The molecule has 0 bridgehead atoms. The number of carbonyl (C=O) groups excluding carboxylic acids is 1. The van der Waals surface area contributed by atoms with Crippen molar-refractivity contribution in [3.8, 4) is 0 Å². The lowest BCUT2D eigenvalue weighted by atomic mass is 9.88. The van der Waals surface area contributed by atoms with Crippen molar-refractivity contribution in [2.45, 2.75) is 19.3 Å². The monoisotopic (exact) mass is 363 g/mol. The minimum atomic E-state index is -0.886. The number of hydrogen-bond donors (Lipinski definition) is 1. The first-order valence-corrected chi connectivity index (χ1v) is 9.21. The third kappa shape index (κ3) is 3.58. The number of para-hydroxylation sites is 1. The molecule has 138 valence electrons. The Hall–Kier alpha value is -3.08. The van der Waals surface area contributed by atoms with Gasteiger partial charge in [-0.2, -0.15) is 0 Å². The third-order valence-electron chi connectivity index (χ3n) is 5.29. The highest BCUT2D eigenvalue weighted by molar-refractivity contribution is 5.96. The zero-order chi connectivity index (χ0) is 18.8. The summed E-state index contributed by atoms with van der Waals surface area (Å²) in [6.07, 6.45) is 2.45. The maximum Gasteiger partial charge on any atom is 0.335 e. The van der Waals surface area contributed by atoms with Gasteiger partial charge in [0.15, 0.2) is 5.76 Å². The lowest BCUT2D eigenvalue weighted by Crippen LogP contribution is -2.38. The third-order valence-corrected chi connectivity index (χ3v) is 5.29. The van der Waals surface area contributed by atoms with E-state index in [1.807, 2.05) is 41.3 Å². The number of carboxylic acids is 1. The van der Waals surface area contributed by atoms with Crippen molar-refractivity contribution >= 4 is 22.8 Å². The molecule has 5 heteroatoms. The van der Waals surface area contributed by atoms with Gasteiger partial charge in [0.1, 0.15) is 5.58 Å². The Morgan fingerprint density at radius 1 is 1.04 bits per heavy atom. The average Bonchev–Trinajstić information content (AvgIpc) is 3.12. The molecule has 0 unspecified atom stereocenters. The fourth-order valence-corrected chi connectivity index (χ4v) is 3.80. The van der Waals surface area contributed by atoms with Crippen LogP contribution in [-0.2, 0) is 6.42 Å². The Bertz CT molecular complexity index is 950. The molecule has 2 heterocycles. The van der Waals surface area contributed by atoms with Crippen LogP contribution in [0.1, 0.15) is 39.3 Å². The summed E-state index contributed by atoms with van der Waals surface area (Å²) in [7, 11) is 0. The fourth-order valence-electron chi connectivity index (χ4n) is 3.80. The molecule has 4 rings (SSSR count). The van der Waals surface area contributed by atoms with Crippen molar-refractivity contribution in [3.05, 3.63) is 71.5 Å². The van der Waals surface area contributed by atoms with E-state index in [1.165, 1.54) is 0 Å². The molecule has 3 aromatic rings. The van der Waals surface area contributed by atoms with Crippen LogP contribution in [0.4, 0.5) is 0 Å². The summed E-state index contributed by atoms with van der Waals surface area (Å²) >= 11 is 0. The van der Waals surface area contributed by atoms with Crippen molar-refractivity contribution in [1.82, 2.24) is 4.90 Å². The minimum Gasteiger partial charge on any atom is -0.478 e. The predicted octanol–water partition coefficient (Wildman–Crippen LogP) is 4.23. The van der Waals surface area contributed by atoms with Crippen LogP contribution in [0, 0.1) is 5.92 Å². The molecule has 1 amide bonds. The van der Waals surface area contributed by atoms with Crippen LogP contribution in [-0.4, -0.2) is 35.0 Å². The number of aromatic carboxylic acids is 1. The van der Waals surface area contributed by atoms with Gasteiger partial charge < -0.3 is 14.4 Å².